The number of pyridine rings is 1. The molecule has 0 aliphatic carbocycles. The number of fused-ring (bicyclic) bond motifs is 1. The van der Waals surface area contributed by atoms with Crippen molar-refractivity contribution < 1.29 is 10.2 Å². The van der Waals surface area contributed by atoms with E-state index in [4.69, 9.17) is 11.6 Å². The summed E-state index contributed by atoms with van der Waals surface area (Å²) in [5.41, 5.74) is 1.40. The Bertz CT molecular complexity index is 720. The van der Waals surface area contributed by atoms with Gasteiger partial charge in [0.15, 0.2) is 11.0 Å². The van der Waals surface area contributed by atoms with Crippen LogP contribution in [0.4, 0.5) is 0 Å². The van der Waals surface area contributed by atoms with Gasteiger partial charge in [0, 0.05) is 5.56 Å². The summed E-state index contributed by atoms with van der Waals surface area (Å²) in [6.45, 7) is 0. The molecule has 0 fully saturated rings. The summed E-state index contributed by atoms with van der Waals surface area (Å²) in [4.78, 5) is 4.24. The topological polar surface area (TPSA) is 57.8 Å². The number of aromatic hydroxyl groups is 2. The van der Waals surface area contributed by atoms with E-state index in [1.807, 2.05) is 0 Å². The van der Waals surface area contributed by atoms with Gasteiger partial charge in [-0.05, 0) is 36.4 Å². The zero-order chi connectivity index (χ0) is 12.7. The Morgan fingerprint density at radius 1 is 1.00 bits per heavy atom. The number of nitrogens with zero attached hydrogens (tertiary/aromatic N) is 2. The third-order valence-electron chi connectivity index (χ3n) is 2.72. The Morgan fingerprint density at radius 3 is 2.44 bits per heavy atom. The quantitative estimate of drug-likeness (QED) is 0.707. The summed E-state index contributed by atoms with van der Waals surface area (Å²) in [6, 6.07) is 11.6. The van der Waals surface area contributed by atoms with E-state index < -0.39 is 0 Å². The third-order valence-corrected chi connectivity index (χ3v) is 3.00. The van der Waals surface area contributed by atoms with Crippen LogP contribution in [0, 0.1) is 0 Å². The summed E-state index contributed by atoms with van der Waals surface area (Å²) in [7, 11) is 0. The predicted octanol–water partition coefficient (Wildman–Crippen LogP) is 3.07. The van der Waals surface area contributed by atoms with Gasteiger partial charge in [-0.25, -0.2) is 4.98 Å². The molecular formula is C13H9ClN2O2. The number of imidazole rings is 1. The van der Waals surface area contributed by atoms with Crippen LogP contribution in [0.15, 0.2) is 42.5 Å². The molecule has 5 heteroatoms. The molecule has 90 valence electrons. The summed E-state index contributed by atoms with van der Waals surface area (Å²) in [5, 5.41) is 19.5. The first-order valence-corrected chi connectivity index (χ1v) is 5.70. The van der Waals surface area contributed by atoms with Gasteiger partial charge in [0.2, 0.25) is 0 Å². The highest BCUT2D eigenvalue weighted by molar-refractivity contribution is 6.33. The maximum Gasteiger partial charge on any atom is 0.197 e. The maximum absolute atomic E-state index is 9.90. The van der Waals surface area contributed by atoms with E-state index in [1.54, 1.807) is 46.9 Å². The van der Waals surface area contributed by atoms with Gasteiger partial charge < -0.3 is 10.2 Å². The van der Waals surface area contributed by atoms with E-state index in [-0.39, 0.29) is 11.6 Å². The van der Waals surface area contributed by atoms with Crippen molar-refractivity contribution in [3.8, 4) is 23.0 Å². The molecule has 2 aromatic heterocycles. The number of aromatic nitrogens is 2. The van der Waals surface area contributed by atoms with Gasteiger partial charge in [0.1, 0.15) is 11.6 Å². The van der Waals surface area contributed by atoms with Crippen molar-refractivity contribution in [3.63, 3.8) is 0 Å². The van der Waals surface area contributed by atoms with Crippen molar-refractivity contribution >= 4 is 17.1 Å². The Hall–Kier alpha value is -2.20. The van der Waals surface area contributed by atoms with Crippen LogP contribution in [0.5, 0.6) is 11.6 Å². The van der Waals surface area contributed by atoms with Crippen LogP contribution in [0.3, 0.4) is 0 Å². The summed E-state index contributed by atoms with van der Waals surface area (Å²) >= 11 is 6.04. The minimum absolute atomic E-state index is 0.0648. The molecule has 0 atom stereocenters. The molecule has 3 aromatic rings. The van der Waals surface area contributed by atoms with Gasteiger partial charge in [0.25, 0.3) is 0 Å². The van der Waals surface area contributed by atoms with Crippen LogP contribution in [0.1, 0.15) is 0 Å². The average Bonchev–Trinajstić information content (AvgIpc) is 2.70. The van der Waals surface area contributed by atoms with Crippen LogP contribution in [-0.2, 0) is 0 Å². The number of rotatable bonds is 1. The molecule has 0 unspecified atom stereocenters. The highest BCUT2D eigenvalue weighted by atomic mass is 35.5. The number of hydrogen-bond donors (Lipinski definition) is 2. The summed E-state index contributed by atoms with van der Waals surface area (Å²) < 4.78 is 1.56. The molecule has 0 spiro atoms. The zero-order valence-electron chi connectivity index (χ0n) is 9.21. The molecular weight excluding hydrogens is 252 g/mol. The molecule has 0 aliphatic rings. The highest BCUT2D eigenvalue weighted by Crippen LogP contribution is 2.30. The monoisotopic (exact) mass is 260 g/mol. The van der Waals surface area contributed by atoms with E-state index in [9.17, 15) is 10.2 Å². The van der Waals surface area contributed by atoms with Crippen LogP contribution in [-0.4, -0.2) is 19.6 Å². The van der Waals surface area contributed by atoms with Crippen molar-refractivity contribution in [2.24, 2.45) is 0 Å². The van der Waals surface area contributed by atoms with Gasteiger partial charge in [-0.2, -0.15) is 0 Å². The number of hydrogen-bond acceptors (Lipinski definition) is 3. The van der Waals surface area contributed by atoms with Gasteiger partial charge in [-0.15, -0.1) is 0 Å². The van der Waals surface area contributed by atoms with Gasteiger partial charge in [-0.3, -0.25) is 4.40 Å². The normalized spacial score (nSPS) is 10.9. The molecule has 18 heavy (non-hydrogen) atoms. The Morgan fingerprint density at radius 2 is 1.72 bits per heavy atom. The number of phenolic OH excluding ortho intramolecular Hbond substituents is 1. The standard InChI is InChI=1S/C13H9ClN2O2/c14-12-10-2-1-3-11(18)16(10)13(15-12)8-4-6-9(17)7-5-8/h1-7,17-18H. The predicted molar refractivity (Wildman–Crippen MR) is 69.0 cm³/mol. The molecule has 0 aliphatic heterocycles. The molecule has 3 rings (SSSR count). The lowest BCUT2D eigenvalue weighted by atomic mass is 10.2. The second-order valence-corrected chi connectivity index (χ2v) is 4.24. The van der Waals surface area contributed by atoms with E-state index in [2.05, 4.69) is 4.98 Å². The van der Waals surface area contributed by atoms with Crippen molar-refractivity contribution in [1.82, 2.24) is 9.38 Å². The lowest BCUT2D eigenvalue weighted by Gasteiger charge is -2.03. The Kier molecular flexibility index (Phi) is 2.38. The minimum Gasteiger partial charge on any atom is -0.508 e. The van der Waals surface area contributed by atoms with E-state index >= 15 is 0 Å². The first-order chi connectivity index (χ1) is 8.66. The van der Waals surface area contributed by atoms with Crippen molar-refractivity contribution in [2.75, 3.05) is 0 Å². The second-order valence-electron chi connectivity index (χ2n) is 3.88. The molecule has 0 saturated carbocycles. The second kappa shape index (κ2) is 3.92. The molecule has 0 radical (unpaired) electrons. The molecule has 2 N–H and O–H groups in total. The smallest absolute Gasteiger partial charge is 0.197 e. The van der Waals surface area contributed by atoms with E-state index in [1.165, 1.54) is 0 Å². The van der Waals surface area contributed by atoms with Crippen LogP contribution >= 0.6 is 11.6 Å². The van der Waals surface area contributed by atoms with Crippen LogP contribution in [0.25, 0.3) is 16.9 Å². The Labute approximate surface area is 108 Å². The number of benzene rings is 1. The fourth-order valence-electron chi connectivity index (χ4n) is 1.89. The molecule has 1 aromatic carbocycles. The number of halogens is 1. The fourth-order valence-corrected chi connectivity index (χ4v) is 2.11. The lowest BCUT2D eigenvalue weighted by molar-refractivity contribution is 0.447. The van der Waals surface area contributed by atoms with Gasteiger partial charge >= 0.3 is 0 Å². The molecule has 0 bridgehead atoms. The third kappa shape index (κ3) is 1.58. The summed E-state index contributed by atoms with van der Waals surface area (Å²) in [6.07, 6.45) is 0. The first-order valence-electron chi connectivity index (χ1n) is 5.32. The van der Waals surface area contributed by atoms with Crippen LogP contribution in [0.2, 0.25) is 5.15 Å². The average molecular weight is 261 g/mol. The molecule has 4 nitrogen and oxygen atoms in total. The maximum atomic E-state index is 9.90. The number of phenols is 1. The van der Waals surface area contributed by atoms with Crippen molar-refractivity contribution in [1.29, 1.82) is 0 Å². The lowest BCUT2D eigenvalue weighted by Crippen LogP contribution is -1.89. The molecule has 0 saturated heterocycles. The van der Waals surface area contributed by atoms with E-state index in [0.717, 1.165) is 5.56 Å². The Balaban J connectivity index is 2.32. The molecule has 0 amide bonds. The van der Waals surface area contributed by atoms with Crippen molar-refractivity contribution in [2.45, 2.75) is 0 Å². The minimum atomic E-state index is 0.0648. The first kappa shape index (κ1) is 10.9. The fraction of sp³-hybridized carbons (Fsp3) is 0. The van der Waals surface area contributed by atoms with E-state index in [0.29, 0.717) is 16.5 Å². The molecule has 2 heterocycles. The van der Waals surface area contributed by atoms with Gasteiger partial charge in [0.05, 0.1) is 5.52 Å². The highest BCUT2D eigenvalue weighted by Gasteiger charge is 2.13. The van der Waals surface area contributed by atoms with Gasteiger partial charge in [-0.1, -0.05) is 17.7 Å². The van der Waals surface area contributed by atoms with Crippen molar-refractivity contribution in [3.05, 3.63) is 47.6 Å². The largest absolute Gasteiger partial charge is 0.508 e. The van der Waals surface area contributed by atoms with Crippen LogP contribution < -0.4 is 0 Å². The zero-order valence-corrected chi connectivity index (χ0v) is 9.96. The summed E-state index contributed by atoms with van der Waals surface area (Å²) in [5.74, 6) is 0.776. The SMILES string of the molecule is Oc1ccc(-c2nc(Cl)c3cccc(O)n23)cc1.